The number of carbonyl (C=O) groups excluding carboxylic acids is 5. The van der Waals surface area contributed by atoms with Crippen molar-refractivity contribution in [1.82, 2.24) is 26.2 Å². The molecule has 6 N–H and O–H groups in total. The highest BCUT2D eigenvalue weighted by Crippen LogP contribution is 2.26. The van der Waals surface area contributed by atoms with E-state index in [0.717, 1.165) is 0 Å². The minimum absolute atomic E-state index is 0.0849. The van der Waals surface area contributed by atoms with E-state index in [0.29, 0.717) is 50.4 Å². The van der Waals surface area contributed by atoms with E-state index in [9.17, 15) is 24.0 Å². The summed E-state index contributed by atoms with van der Waals surface area (Å²) < 4.78 is 0. The van der Waals surface area contributed by atoms with E-state index in [4.69, 9.17) is 18.0 Å². The van der Waals surface area contributed by atoms with Crippen molar-refractivity contribution in [2.75, 3.05) is 19.6 Å². The first-order valence-corrected chi connectivity index (χ1v) is 14.2. The monoisotopic (exact) mass is 568 g/mol. The van der Waals surface area contributed by atoms with Gasteiger partial charge < -0.3 is 27.0 Å². The van der Waals surface area contributed by atoms with Gasteiger partial charge in [-0.15, -0.1) is 0 Å². The lowest BCUT2D eigenvalue weighted by molar-refractivity contribution is -0.139. The van der Waals surface area contributed by atoms with Crippen LogP contribution in [0.1, 0.15) is 80.6 Å². The lowest BCUT2D eigenvalue weighted by atomic mass is 9.84. The maximum atomic E-state index is 13.2. The molecule has 11 nitrogen and oxygen atoms in total. The van der Waals surface area contributed by atoms with E-state index in [-0.39, 0.29) is 47.7 Å². The third-order valence-corrected chi connectivity index (χ3v) is 7.02. The lowest BCUT2D eigenvalue weighted by Gasteiger charge is -2.29. The molecule has 0 aromatic carbocycles. The number of primary amides is 1. The molecule has 12 heteroatoms. The van der Waals surface area contributed by atoms with E-state index >= 15 is 0 Å². The Kier molecular flexibility index (Phi) is 13.8. The third-order valence-electron chi connectivity index (χ3n) is 6.75. The van der Waals surface area contributed by atoms with Crippen LogP contribution in [-0.4, -0.2) is 71.3 Å². The van der Waals surface area contributed by atoms with Crippen molar-refractivity contribution in [1.29, 1.82) is 0 Å². The molecule has 0 bridgehead atoms. The summed E-state index contributed by atoms with van der Waals surface area (Å²) in [5.74, 6) is -0.841. The molecule has 3 atom stereocenters. The second-order valence-corrected chi connectivity index (χ2v) is 12.3. The standard InChI is InChI=1S/C27H48N6O5S/c1-16(2)18-15-20(34)33(24(18)37)14-9-8-12-30-26(39)32-21(17(3)4)23(36)31-19(22(35)27(5,6)7)11-10-13-29-25(28)38/h16-19,21H,8-15H2,1-7H3,(H,31,36)(H3,28,29,38)(H2,30,32,39)/t18?,19-,21-/m0/s1. The number of amides is 5. The van der Waals surface area contributed by atoms with Gasteiger partial charge in [0.05, 0.1) is 6.04 Å². The molecule has 0 saturated carbocycles. The molecular weight excluding hydrogens is 520 g/mol. The minimum Gasteiger partial charge on any atom is -0.363 e. The Balaban J connectivity index is 2.60. The summed E-state index contributed by atoms with van der Waals surface area (Å²) in [6, 6.07) is -2.03. The molecule has 0 aliphatic carbocycles. The van der Waals surface area contributed by atoms with Gasteiger partial charge in [0, 0.05) is 37.4 Å². The van der Waals surface area contributed by atoms with Gasteiger partial charge in [-0.1, -0.05) is 48.5 Å². The van der Waals surface area contributed by atoms with Crippen LogP contribution in [0.5, 0.6) is 0 Å². The maximum Gasteiger partial charge on any atom is 0.312 e. The van der Waals surface area contributed by atoms with Crippen molar-refractivity contribution < 1.29 is 24.0 Å². The van der Waals surface area contributed by atoms with Crippen LogP contribution in [0.2, 0.25) is 0 Å². The van der Waals surface area contributed by atoms with E-state index in [1.165, 1.54) is 4.90 Å². The van der Waals surface area contributed by atoms with Gasteiger partial charge in [-0.2, -0.15) is 0 Å². The Morgan fingerprint density at radius 2 is 1.62 bits per heavy atom. The molecule has 0 aromatic rings. The number of unbranched alkanes of at least 4 members (excludes halogenated alkanes) is 1. The summed E-state index contributed by atoms with van der Waals surface area (Å²) in [6.07, 6.45) is 2.45. The smallest absolute Gasteiger partial charge is 0.312 e. The number of Topliss-reactive ketones (excluding diaryl/α,β-unsaturated/α-hetero) is 1. The number of hydrogen-bond acceptors (Lipinski definition) is 6. The zero-order valence-electron chi connectivity index (χ0n) is 24.5. The first-order chi connectivity index (χ1) is 18.1. The zero-order chi connectivity index (χ0) is 29.9. The number of likely N-dealkylation sites (tertiary alicyclic amines) is 1. The fourth-order valence-electron chi connectivity index (χ4n) is 4.36. The minimum atomic E-state index is -0.719. The van der Waals surface area contributed by atoms with Gasteiger partial charge in [-0.3, -0.25) is 24.1 Å². The molecular formula is C27H48N6O5S. The van der Waals surface area contributed by atoms with E-state index in [1.54, 1.807) is 20.8 Å². The Morgan fingerprint density at radius 3 is 2.13 bits per heavy atom. The average molecular weight is 569 g/mol. The predicted octanol–water partition coefficient (Wildman–Crippen LogP) is 1.83. The molecule has 1 fully saturated rings. The molecule has 5 amide bonds. The van der Waals surface area contributed by atoms with Crippen molar-refractivity contribution in [2.24, 2.45) is 28.9 Å². The van der Waals surface area contributed by atoms with Gasteiger partial charge in [0.15, 0.2) is 10.9 Å². The van der Waals surface area contributed by atoms with Crippen LogP contribution in [0, 0.1) is 23.2 Å². The fourth-order valence-corrected chi connectivity index (χ4v) is 4.59. The normalized spacial score (nSPS) is 17.3. The predicted molar refractivity (Wildman–Crippen MR) is 154 cm³/mol. The highest BCUT2D eigenvalue weighted by molar-refractivity contribution is 7.80. The maximum absolute atomic E-state index is 13.2. The Morgan fingerprint density at radius 1 is 1.00 bits per heavy atom. The number of imide groups is 1. The molecule has 1 heterocycles. The molecule has 1 saturated heterocycles. The number of nitrogens with zero attached hydrogens (tertiary/aromatic N) is 1. The van der Waals surface area contributed by atoms with Crippen molar-refractivity contribution >= 4 is 46.9 Å². The highest BCUT2D eigenvalue weighted by Gasteiger charge is 2.39. The summed E-state index contributed by atoms with van der Waals surface area (Å²) in [7, 11) is 0. The van der Waals surface area contributed by atoms with Crippen LogP contribution >= 0.6 is 12.2 Å². The summed E-state index contributed by atoms with van der Waals surface area (Å²) in [5.41, 5.74) is 4.44. The van der Waals surface area contributed by atoms with Crippen LogP contribution in [0.3, 0.4) is 0 Å². The van der Waals surface area contributed by atoms with Crippen molar-refractivity contribution in [3.8, 4) is 0 Å². The van der Waals surface area contributed by atoms with Crippen LogP contribution in [0.4, 0.5) is 4.79 Å². The number of carbonyl (C=O) groups is 5. The lowest BCUT2D eigenvalue weighted by Crippen LogP contribution is -2.56. The topological polar surface area (TPSA) is 163 Å². The zero-order valence-corrected chi connectivity index (χ0v) is 25.3. The van der Waals surface area contributed by atoms with E-state index < -0.39 is 23.5 Å². The van der Waals surface area contributed by atoms with Gasteiger partial charge >= 0.3 is 6.03 Å². The second-order valence-electron chi connectivity index (χ2n) is 11.9. The first kappa shape index (κ1) is 34.3. The molecule has 39 heavy (non-hydrogen) atoms. The van der Waals surface area contributed by atoms with Crippen LogP contribution in [0.15, 0.2) is 0 Å². The molecule has 0 aromatic heterocycles. The average Bonchev–Trinajstić information content (AvgIpc) is 3.11. The van der Waals surface area contributed by atoms with Crippen molar-refractivity contribution in [3.63, 3.8) is 0 Å². The summed E-state index contributed by atoms with van der Waals surface area (Å²) >= 11 is 5.40. The van der Waals surface area contributed by atoms with Crippen molar-refractivity contribution in [3.05, 3.63) is 0 Å². The number of thiocarbonyl (C=S) groups is 1. The summed E-state index contributed by atoms with van der Waals surface area (Å²) in [5, 5.41) is 11.8. The first-order valence-electron chi connectivity index (χ1n) is 13.8. The molecule has 222 valence electrons. The number of nitrogens with two attached hydrogens (primary N) is 1. The fraction of sp³-hybridized carbons (Fsp3) is 0.778. The van der Waals surface area contributed by atoms with Crippen LogP contribution < -0.4 is 27.0 Å². The SMILES string of the molecule is CC(C)C1CC(=O)N(CCCCNC(=S)N[C@H](C(=O)N[C@@H](CCCNC(N)=O)C(=O)C(C)(C)C)C(C)C)C1=O. The molecule has 1 aliphatic heterocycles. The summed E-state index contributed by atoms with van der Waals surface area (Å²) in [4.78, 5) is 63.1. The molecule has 1 unspecified atom stereocenters. The molecule has 1 aliphatic rings. The Labute approximate surface area is 238 Å². The van der Waals surface area contributed by atoms with E-state index in [1.807, 2.05) is 27.7 Å². The van der Waals surface area contributed by atoms with Crippen molar-refractivity contribution in [2.45, 2.75) is 92.7 Å². The van der Waals surface area contributed by atoms with Gasteiger partial charge in [0.2, 0.25) is 17.7 Å². The number of nitrogens with one attached hydrogen (secondary N) is 4. The number of hydrogen-bond donors (Lipinski definition) is 5. The van der Waals surface area contributed by atoms with Gasteiger partial charge in [-0.25, -0.2) is 4.79 Å². The van der Waals surface area contributed by atoms with E-state index in [2.05, 4.69) is 21.3 Å². The Hall–Kier alpha value is -2.76. The molecule has 1 rings (SSSR count). The summed E-state index contributed by atoms with van der Waals surface area (Å²) in [6.45, 7) is 14.3. The van der Waals surface area contributed by atoms with Gasteiger partial charge in [0.25, 0.3) is 0 Å². The molecule has 0 spiro atoms. The van der Waals surface area contributed by atoms with Gasteiger partial charge in [0.1, 0.15) is 6.04 Å². The molecule has 0 radical (unpaired) electrons. The Bertz CT molecular complexity index is 902. The number of rotatable bonds is 15. The number of ketones is 1. The second kappa shape index (κ2) is 15.7. The van der Waals surface area contributed by atoms with Crippen LogP contribution in [-0.2, 0) is 19.2 Å². The largest absolute Gasteiger partial charge is 0.363 e. The quantitative estimate of drug-likeness (QED) is 0.114. The number of urea groups is 1. The van der Waals surface area contributed by atoms with Gasteiger partial charge in [-0.05, 0) is 49.7 Å². The third kappa shape index (κ3) is 11.5. The highest BCUT2D eigenvalue weighted by atomic mass is 32.1. The van der Waals surface area contributed by atoms with Crippen LogP contribution in [0.25, 0.3) is 0 Å².